The molecule has 198 valence electrons. The van der Waals surface area contributed by atoms with Crippen LogP contribution in [0.1, 0.15) is 104 Å². The molecule has 4 nitrogen and oxygen atoms in total. The van der Waals surface area contributed by atoms with Gasteiger partial charge < -0.3 is 15.3 Å². The van der Waals surface area contributed by atoms with Crippen molar-refractivity contribution >= 4 is 0 Å². The summed E-state index contributed by atoms with van der Waals surface area (Å²) in [4.78, 5) is 2.13. The SMILES string of the molecule is CCCCC/C=C\C/C=C\CC(O)CN(CCCCO)CC(O)C/C=C\C/C=C\CCCCC. The normalized spacial score (nSPS) is 14.5. The average molecular weight is 478 g/mol. The molecule has 0 radical (unpaired) electrons. The maximum atomic E-state index is 10.5. The van der Waals surface area contributed by atoms with Crippen LogP contribution in [0.3, 0.4) is 0 Å². The number of aliphatic hydroxyl groups excluding tert-OH is 3. The van der Waals surface area contributed by atoms with Gasteiger partial charge in [-0.15, -0.1) is 0 Å². The molecule has 0 spiro atoms. The molecule has 0 heterocycles. The first-order valence-electron chi connectivity index (χ1n) is 13.9. The Morgan fingerprint density at radius 2 is 1.06 bits per heavy atom. The van der Waals surface area contributed by atoms with Gasteiger partial charge in [0.05, 0.1) is 12.2 Å². The fraction of sp³-hybridized carbons (Fsp3) is 0.733. The van der Waals surface area contributed by atoms with E-state index in [0.29, 0.717) is 25.9 Å². The van der Waals surface area contributed by atoms with Crippen LogP contribution in [-0.2, 0) is 0 Å². The van der Waals surface area contributed by atoms with E-state index in [1.54, 1.807) is 0 Å². The molecule has 0 aliphatic carbocycles. The van der Waals surface area contributed by atoms with Crippen molar-refractivity contribution in [3.63, 3.8) is 0 Å². The van der Waals surface area contributed by atoms with Crippen molar-refractivity contribution in [1.82, 2.24) is 4.90 Å². The smallest absolute Gasteiger partial charge is 0.0701 e. The first-order valence-corrected chi connectivity index (χ1v) is 13.9. The van der Waals surface area contributed by atoms with Crippen molar-refractivity contribution in [3.8, 4) is 0 Å². The lowest BCUT2D eigenvalue weighted by molar-refractivity contribution is 0.0698. The summed E-state index contributed by atoms with van der Waals surface area (Å²) in [5.41, 5.74) is 0. The van der Waals surface area contributed by atoms with Gasteiger partial charge in [-0.1, -0.05) is 88.1 Å². The van der Waals surface area contributed by atoms with Crippen molar-refractivity contribution in [2.45, 2.75) is 116 Å². The van der Waals surface area contributed by atoms with E-state index in [4.69, 9.17) is 5.11 Å². The van der Waals surface area contributed by atoms with Gasteiger partial charge in [-0.05, 0) is 70.8 Å². The molecule has 0 bridgehead atoms. The van der Waals surface area contributed by atoms with E-state index in [2.05, 4.69) is 67.4 Å². The molecule has 0 rings (SSSR count). The fourth-order valence-electron chi connectivity index (χ4n) is 3.76. The summed E-state index contributed by atoms with van der Waals surface area (Å²) >= 11 is 0. The molecule has 0 aromatic rings. The Kier molecular flexibility index (Phi) is 25.5. The zero-order valence-corrected chi connectivity index (χ0v) is 22.3. The molecule has 0 saturated heterocycles. The molecule has 2 atom stereocenters. The second kappa shape index (κ2) is 26.4. The minimum Gasteiger partial charge on any atom is -0.396 e. The third-order valence-corrected chi connectivity index (χ3v) is 5.80. The van der Waals surface area contributed by atoms with Gasteiger partial charge in [0.1, 0.15) is 0 Å². The monoisotopic (exact) mass is 477 g/mol. The third-order valence-electron chi connectivity index (χ3n) is 5.80. The van der Waals surface area contributed by atoms with Gasteiger partial charge in [-0.3, -0.25) is 4.90 Å². The Morgan fingerprint density at radius 1 is 0.588 bits per heavy atom. The minimum atomic E-state index is -0.445. The van der Waals surface area contributed by atoms with Crippen molar-refractivity contribution < 1.29 is 15.3 Å². The molecular formula is C30H55NO3. The highest BCUT2D eigenvalue weighted by atomic mass is 16.3. The highest BCUT2D eigenvalue weighted by Gasteiger charge is 2.14. The molecule has 0 saturated carbocycles. The quantitative estimate of drug-likeness (QED) is 0.107. The Hall–Kier alpha value is -1.20. The summed E-state index contributed by atoms with van der Waals surface area (Å²) in [5, 5.41) is 30.0. The Bertz CT molecular complexity index is 485. The number of nitrogens with zero attached hydrogens (tertiary/aromatic N) is 1. The van der Waals surface area contributed by atoms with Crippen molar-refractivity contribution in [1.29, 1.82) is 0 Å². The number of aliphatic hydroxyl groups is 3. The average Bonchev–Trinajstić information content (AvgIpc) is 2.82. The summed E-state index contributed by atoms with van der Waals surface area (Å²) in [6.07, 6.45) is 31.0. The van der Waals surface area contributed by atoms with E-state index in [0.717, 1.165) is 45.1 Å². The zero-order chi connectivity index (χ0) is 25.1. The Labute approximate surface area is 211 Å². The van der Waals surface area contributed by atoms with Crippen LogP contribution in [0, 0.1) is 0 Å². The van der Waals surface area contributed by atoms with Crippen LogP contribution in [0.5, 0.6) is 0 Å². The molecule has 0 aromatic heterocycles. The van der Waals surface area contributed by atoms with Gasteiger partial charge in [0.2, 0.25) is 0 Å². The second-order valence-corrected chi connectivity index (χ2v) is 9.32. The summed E-state index contributed by atoms with van der Waals surface area (Å²) in [5.74, 6) is 0. The first kappa shape index (κ1) is 32.8. The summed E-state index contributed by atoms with van der Waals surface area (Å²) < 4.78 is 0. The standard InChI is InChI=1S/C30H55NO3/c1-3-5-7-9-11-13-15-17-19-23-29(33)27-31(25-21-22-26-32)28-30(34)24-20-18-16-14-12-10-8-6-4-2/h11-14,17-20,29-30,32-34H,3-10,15-16,21-28H2,1-2H3/b13-11-,14-12-,19-17-,20-18-. The lowest BCUT2D eigenvalue weighted by Gasteiger charge is -2.26. The Balaban J connectivity index is 4.26. The van der Waals surface area contributed by atoms with Gasteiger partial charge >= 0.3 is 0 Å². The molecule has 0 aromatic carbocycles. The molecule has 4 heteroatoms. The van der Waals surface area contributed by atoms with E-state index in [-0.39, 0.29) is 6.61 Å². The van der Waals surface area contributed by atoms with Crippen molar-refractivity contribution in [3.05, 3.63) is 48.6 Å². The lowest BCUT2D eigenvalue weighted by Crippen LogP contribution is -2.38. The topological polar surface area (TPSA) is 63.9 Å². The predicted octanol–water partition coefficient (Wildman–Crippen LogP) is 6.73. The van der Waals surface area contributed by atoms with Crippen molar-refractivity contribution in [2.75, 3.05) is 26.2 Å². The first-order chi connectivity index (χ1) is 16.6. The van der Waals surface area contributed by atoms with E-state index < -0.39 is 12.2 Å². The molecule has 2 unspecified atom stereocenters. The predicted molar refractivity (Wildman–Crippen MR) is 148 cm³/mol. The van der Waals surface area contributed by atoms with Crippen LogP contribution in [-0.4, -0.2) is 58.7 Å². The number of hydrogen-bond donors (Lipinski definition) is 3. The third kappa shape index (κ3) is 23.9. The van der Waals surface area contributed by atoms with Crippen LogP contribution < -0.4 is 0 Å². The largest absolute Gasteiger partial charge is 0.396 e. The molecule has 34 heavy (non-hydrogen) atoms. The van der Waals surface area contributed by atoms with Gasteiger partial charge in [-0.2, -0.15) is 0 Å². The van der Waals surface area contributed by atoms with Crippen molar-refractivity contribution in [2.24, 2.45) is 0 Å². The minimum absolute atomic E-state index is 0.183. The summed E-state index contributed by atoms with van der Waals surface area (Å²) in [6.45, 7) is 6.50. The maximum absolute atomic E-state index is 10.5. The van der Waals surface area contributed by atoms with Crippen LogP contribution in [0.25, 0.3) is 0 Å². The summed E-state index contributed by atoms with van der Waals surface area (Å²) in [7, 11) is 0. The van der Waals surface area contributed by atoms with Gasteiger partial charge in [0.15, 0.2) is 0 Å². The Morgan fingerprint density at radius 3 is 1.50 bits per heavy atom. The number of rotatable bonds is 24. The molecule has 0 fully saturated rings. The highest BCUT2D eigenvalue weighted by molar-refractivity contribution is 4.95. The van der Waals surface area contributed by atoms with Gasteiger partial charge in [0.25, 0.3) is 0 Å². The van der Waals surface area contributed by atoms with Crippen LogP contribution in [0.15, 0.2) is 48.6 Å². The van der Waals surface area contributed by atoms with Crippen LogP contribution >= 0.6 is 0 Å². The maximum Gasteiger partial charge on any atom is 0.0701 e. The zero-order valence-electron chi connectivity index (χ0n) is 22.3. The second-order valence-electron chi connectivity index (χ2n) is 9.32. The van der Waals surface area contributed by atoms with Crippen LogP contribution in [0.2, 0.25) is 0 Å². The van der Waals surface area contributed by atoms with E-state index >= 15 is 0 Å². The molecule has 0 amide bonds. The summed E-state index contributed by atoms with van der Waals surface area (Å²) in [6, 6.07) is 0. The molecular weight excluding hydrogens is 422 g/mol. The fourth-order valence-corrected chi connectivity index (χ4v) is 3.76. The number of hydrogen-bond acceptors (Lipinski definition) is 4. The number of unbranched alkanes of at least 4 members (excludes halogenated alkanes) is 7. The molecule has 3 N–H and O–H groups in total. The lowest BCUT2D eigenvalue weighted by atomic mass is 10.1. The van der Waals surface area contributed by atoms with Gasteiger partial charge in [0, 0.05) is 19.7 Å². The molecule has 0 aliphatic rings. The highest BCUT2D eigenvalue weighted by Crippen LogP contribution is 2.07. The molecule has 0 aliphatic heterocycles. The van der Waals surface area contributed by atoms with E-state index in [1.165, 1.54) is 38.5 Å². The van der Waals surface area contributed by atoms with E-state index in [1.807, 2.05) is 0 Å². The van der Waals surface area contributed by atoms with Gasteiger partial charge in [-0.25, -0.2) is 0 Å². The van der Waals surface area contributed by atoms with E-state index in [9.17, 15) is 10.2 Å². The van der Waals surface area contributed by atoms with Crippen LogP contribution in [0.4, 0.5) is 0 Å². The number of allylic oxidation sites excluding steroid dienone is 6.